The molecule has 9 heteroatoms. The second-order valence-electron chi connectivity index (χ2n) is 7.61. The van der Waals surface area contributed by atoms with E-state index in [0.717, 1.165) is 68.2 Å². The minimum Gasteiger partial charge on any atom is -0.356 e. The van der Waals surface area contributed by atoms with Gasteiger partial charge in [0.15, 0.2) is 11.8 Å². The maximum absolute atomic E-state index is 12.2. The summed E-state index contributed by atoms with van der Waals surface area (Å²) in [5.41, 5.74) is 2.17. The number of hydrogen-bond donors (Lipinski definition) is 2. The predicted molar refractivity (Wildman–Crippen MR) is 137 cm³/mol. The Balaban J connectivity index is 0.00000341. The summed E-state index contributed by atoms with van der Waals surface area (Å²) >= 11 is 0. The van der Waals surface area contributed by atoms with Gasteiger partial charge in [-0.25, -0.2) is 0 Å². The summed E-state index contributed by atoms with van der Waals surface area (Å²) in [6, 6.07) is 8.56. The van der Waals surface area contributed by atoms with E-state index in [1.54, 1.807) is 7.05 Å². The van der Waals surface area contributed by atoms with Crippen LogP contribution in [0, 0.1) is 0 Å². The van der Waals surface area contributed by atoms with Crippen molar-refractivity contribution in [2.24, 2.45) is 4.99 Å². The molecular weight excluding hydrogens is 525 g/mol. The van der Waals surface area contributed by atoms with Crippen LogP contribution in [-0.4, -0.2) is 50.9 Å². The number of rotatable bonds is 8. The molecule has 172 valence electrons. The Kier molecular flexibility index (Phi) is 10.9. The number of hydrogen-bond acceptors (Lipinski definition) is 5. The van der Waals surface area contributed by atoms with E-state index >= 15 is 0 Å². The van der Waals surface area contributed by atoms with Crippen molar-refractivity contribution >= 4 is 40.7 Å². The van der Waals surface area contributed by atoms with Crippen LogP contribution in [0.3, 0.4) is 0 Å². The van der Waals surface area contributed by atoms with Gasteiger partial charge in [0, 0.05) is 53.4 Å². The average molecular weight is 560 g/mol. The van der Waals surface area contributed by atoms with E-state index in [2.05, 4.69) is 37.9 Å². The summed E-state index contributed by atoms with van der Waals surface area (Å²) in [6.07, 6.45) is 5.91. The lowest BCUT2D eigenvalue weighted by molar-refractivity contribution is 0.413. The predicted octanol–water partition coefficient (Wildman–Crippen LogP) is 3.70. The van der Waals surface area contributed by atoms with Crippen LogP contribution in [-0.2, 0) is 23.6 Å². The molecule has 0 radical (unpaired) electrons. The number of nitrogens with zero attached hydrogens (tertiary/aromatic N) is 3. The molecule has 0 spiro atoms. The first-order valence-corrected chi connectivity index (χ1v) is 12.3. The molecule has 1 aliphatic rings. The fourth-order valence-electron chi connectivity index (χ4n) is 3.79. The molecule has 2 aromatic rings. The van der Waals surface area contributed by atoms with Gasteiger partial charge in [-0.3, -0.25) is 9.20 Å². The van der Waals surface area contributed by atoms with Crippen LogP contribution in [0.5, 0.6) is 0 Å². The van der Waals surface area contributed by atoms with Crippen LogP contribution in [0.25, 0.3) is 11.5 Å². The number of aryl methyl sites for hydroxylation is 1. The maximum atomic E-state index is 12.2. The van der Waals surface area contributed by atoms with Gasteiger partial charge in [-0.05, 0) is 43.4 Å². The smallest absolute Gasteiger partial charge is 0.257 e. The third-order valence-electron chi connectivity index (χ3n) is 5.54. The van der Waals surface area contributed by atoms with E-state index in [1.165, 1.54) is 5.56 Å². The zero-order valence-electron chi connectivity index (χ0n) is 18.6. The van der Waals surface area contributed by atoms with Crippen molar-refractivity contribution in [1.29, 1.82) is 0 Å². The molecule has 2 N–H and O–H groups in total. The molecule has 1 saturated carbocycles. The zero-order chi connectivity index (χ0) is 21.3. The van der Waals surface area contributed by atoms with Crippen molar-refractivity contribution in [3.05, 3.63) is 35.7 Å². The van der Waals surface area contributed by atoms with Crippen molar-refractivity contribution < 1.29 is 8.73 Å². The molecule has 1 heterocycles. The SMILES string of the molecule is CCc1noc(-c2ccc(CCNC(=NC)NC3CCCC(S(=O)CC)C3)cc2)n1.I. The standard InChI is InChI=1S/C22H33N5O2S.HI/c1-4-20-26-21(29-27-20)17-11-9-16(10-12-17)13-14-24-22(23-3)25-18-7-6-8-19(15-18)30(28)5-2;/h9-12,18-19H,4-8,13-15H2,1-3H3,(H2,23,24,25);1H. The number of benzene rings is 1. The van der Waals surface area contributed by atoms with Crippen LogP contribution in [0.15, 0.2) is 33.8 Å². The van der Waals surface area contributed by atoms with Gasteiger partial charge in [0.05, 0.1) is 0 Å². The summed E-state index contributed by atoms with van der Waals surface area (Å²) in [7, 11) is 1.08. The van der Waals surface area contributed by atoms with Crippen molar-refractivity contribution in [2.45, 2.75) is 63.7 Å². The third kappa shape index (κ3) is 7.55. The van der Waals surface area contributed by atoms with Gasteiger partial charge in [-0.15, -0.1) is 24.0 Å². The van der Waals surface area contributed by atoms with Gasteiger partial charge in [0.1, 0.15) is 0 Å². The molecule has 3 atom stereocenters. The Morgan fingerprint density at radius 2 is 2.03 bits per heavy atom. The lowest BCUT2D eigenvalue weighted by Gasteiger charge is -2.30. The van der Waals surface area contributed by atoms with Gasteiger partial charge in [-0.1, -0.05) is 37.6 Å². The minimum atomic E-state index is -0.712. The highest BCUT2D eigenvalue weighted by atomic mass is 127. The van der Waals surface area contributed by atoms with E-state index in [4.69, 9.17) is 4.52 Å². The number of guanidine groups is 1. The number of halogens is 1. The van der Waals surface area contributed by atoms with Gasteiger partial charge >= 0.3 is 0 Å². The molecule has 1 aliphatic carbocycles. The molecule has 3 unspecified atom stereocenters. The maximum Gasteiger partial charge on any atom is 0.257 e. The van der Waals surface area contributed by atoms with Crippen molar-refractivity contribution in [3.63, 3.8) is 0 Å². The molecule has 3 rings (SSSR count). The lowest BCUT2D eigenvalue weighted by atomic mass is 9.95. The number of aromatic nitrogens is 2. The molecule has 31 heavy (non-hydrogen) atoms. The first-order valence-electron chi connectivity index (χ1n) is 10.9. The third-order valence-corrected chi connectivity index (χ3v) is 7.28. The van der Waals surface area contributed by atoms with Crippen LogP contribution in [0.1, 0.15) is 50.9 Å². The zero-order valence-corrected chi connectivity index (χ0v) is 21.7. The first-order chi connectivity index (χ1) is 14.6. The Morgan fingerprint density at radius 3 is 2.68 bits per heavy atom. The monoisotopic (exact) mass is 559 g/mol. The highest BCUT2D eigenvalue weighted by Crippen LogP contribution is 2.23. The average Bonchev–Trinajstić information content (AvgIpc) is 3.28. The lowest BCUT2D eigenvalue weighted by Crippen LogP contribution is -2.47. The van der Waals surface area contributed by atoms with Gasteiger partial charge in [0.2, 0.25) is 0 Å². The number of nitrogens with one attached hydrogen (secondary N) is 2. The molecule has 0 bridgehead atoms. The van der Waals surface area contributed by atoms with Gasteiger partial charge in [0.25, 0.3) is 5.89 Å². The minimum absolute atomic E-state index is 0. The van der Waals surface area contributed by atoms with E-state index in [1.807, 2.05) is 26.0 Å². The largest absolute Gasteiger partial charge is 0.356 e. The second kappa shape index (κ2) is 13.1. The highest BCUT2D eigenvalue weighted by molar-refractivity contribution is 14.0. The molecule has 0 saturated heterocycles. The first kappa shape index (κ1) is 25.8. The van der Waals surface area contributed by atoms with E-state index < -0.39 is 10.8 Å². The molecule has 1 aromatic carbocycles. The van der Waals surface area contributed by atoms with Crippen LogP contribution < -0.4 is 10.6 Å². The summed E-state index contributed by atoms with van der Waals surface area (Å²) in [6.45, 7) is 4.80. The van der Waals surface area contributed by atoms with E-state index in [-0.39, 0.29) is 24.0 Å². The topological polar surface area (TPSA) is 92.4 Å². The Morgan fingerprint density at radius 1 is 1.26 bits per heavy atom. The Hall–Kier alpha value is -1.49. The van der Waals surface area contributed by atoms with Crippen LogP contribution in [0.4, 0.5) is 0 Å². The number of aliphatic imine (C=N–C) groups is 1. The second-order valence-corrected chi connectivity index (χ2v) is 9.62. The van der Waals surface area contributed by atoms with Gasteiger partial charge < -0.3 is 15.2 Å². The Bertz CT molecular complexity index is 856. The fraction of sp³-hybridized carbons (Fsp3) is 0.591. The van der Waals surface area contributed by atoms with Crippen molar-refractivity contribution in [1.82, 2.24) is 20.8 Å². The summed E-state index contributed by atoms with van der Waals surface area (Å²) < 4.78 is 17.4. The summed E-state index contributed by atoms with van der Waals surface area (Å²) in [4.78, 5) is 8.73. The summed E-state index contributed by atoms with van der Waals surface area (Å²) in [5.74, 6) is 2.85. The summed E-state index contributed by atoms with van der Waals surface area (Å²) in [5, 5.41) is 11.2. The van der Waals surface area contributed by atoms with Gasteiger partial charge in [-0.2, -0.15) is 4.98 Å². The normalized spacial score (nSPS) is 20.0. The van der Waals surface area contributed by atoms with Crippen LogP contribution >= 0.6 is 24.0 Å². The fourth-order valence-corrected chi connectivity index (χ4v) is 5.14. The van der Waals surface area contributed by atoms with E-state index in [9.17, 15) is 4.21 Å². The molecule has 1 fully saturated rings. The molecule has 0 aliphatic heterocycles. The molecule has 0 amide bonds. The highest BCUT2D eigenvalue weighted by Gasteiger charge is 2.25. The van der Waals surface area contributed by atoms with Crippen LogP contribution in [0.2, 0.25) is 0 Å². The Labute approximate surface area is 204 Å². The molecule has 1 aromatic heterocycles. The molecular formula is C22H34IN5O2S. The van der Waals surface area contributed by atoms with E-state index in [0.29, 0.717) is 17.2 Å². The van der Waals surface area contributed by atoms with Crippen molar-refractivity contribution in [2.75, 3.05) is 19.3 Å². The van der Waals surface area contributed by atoms with Crippen molar-refractivity contribution in [3.8, 4) is 11.5 Å². The quantitative estimate of drug-likeness (QED) is 0.291. The molecule has 7 nitrogen and oxygen atoms in total.